The SMILES string of the molecule is CC(=O)/C(C(=O)N(CCN(C)C)c1ccccc1)=C(/N)c1ccccc1. The van der Waals surface area contributed by atoms with Gasteiger partial charge in [0.1, 0.15) is 5.57 Å². The molecule has 2 rings (SSSR count). The second kappa shape index (κ2) is 8.97. The molecule has 136 valence electrons. The minimum absolute atomic E-state index is 0.0128. The fourth-order valence-corrected chi connectivity index (χ4v) is 2.61. The number of ketones is 1. The first-order chi connectivity index (χ1) is 12.4. The van der Waals surface area contributed by atoms with Gasteiger partial charge >= 0.3 is 0 Å². The molecule has 0 aliphatic rings. The first kappa shape index (κ1) is 19.4. The topological polar surface area (TPSA) is 66.6 Å². The molecule has 2 N–H and O–H groups in total. The minimum atomic E-state index is -0.382. The number of para-hydroxylation sites is 1. The summed E-state index contributed by atoms with van der Waals surface area (Å²) in [7, 11) is 3.88. The summed E-state index contributed by atoms with van der Waals surface area (Å²) in [6.45, 7) is 2.49. The molecule has 1 amide bonds. The number of hydrogen-bond acceptors (Lipinski definition) is 4. The number of rotatable bonds is 7. The number of carbonyl (C=O) groups excluding carboxylic acids is 2. The molecule has 0 unspecified atom stereocenters. The zero-order valence-corrected chi connectivity index (χ0v) is 15.5. The molecule has 0 heterocycles. The number of nitrogens with two attached hydrogens (primary N) is 1. The molecule has 0 aliphatic heterocycles. The second-order valence-corrected chi connectivity index (χ2v) is 6.31. The molecular formula is C21H25N3O2. The van der Waals surface area contributed by atoms with Crippen molar-refractivity contribution < 1.29 is 9.59 Å². The van der Waals surface area contributed by atoms with Crippen LogP contribution in [-0.2, 0) is 9.59 Å². The number of hydrogen-bond donors (Lipinski definition) is 1. The van der Waals surface area contributed by atoms with E-state index in [2.05, 4.69) is 0 Å². The van der Waals surface area contributed by atoms with E-state index < -0.39 is 0 Å². The Labute approximate surface area is 154 Å². The third-order valence-electron chi connectivity index (χ3n) is 4.00. The van der Waals surface area contributed by atoms with Crippen molar-refractivity contribution in [2.75, 3.05) is 32.1 Å². The number of anilines is 1. The van der Waals surface area contributed by atoms with Crippen LogP contribution in [0, 0.1) is 0 Å². The average Bonchev–Trinajstić information content (AvgIpc) is 2.63. The molecule has 0 saturated heterocycles. The van der Waals surface area contributed by atoms with Crippen molar-refractivity contribution in [3.05, 3.63) is 71.8 Å². The maximum atomic E-state index is 13.3. The average molecular weight is 351 g/mol. The van der Waals surface area contributed by atoms with E-state index in [-0.39, 0.29) is 23.0 Å². The van der Waals surface area contributed by atoms with Crippen LogP contribution in [0.3, 0.4) is 0 Å². The van der Waals surface area contributed by atoms with E-state index in [1.165, 1.54) is 6.92 Å². The fraction of sp³-hybridized carbons (Fsp3) is 0.238. The molecule has 0 aromatic heterocycles. The Bertz CT molecular complexity index is 783. The van der Waals surface area contributed by atoms with Gasteiger partial charge < -0.3 is 15.5 Å². The third kappa shape index (κ3) is 4.80. The predicted octanol–water partition coefficient (Wildman–Crippen LogP) is 2.54. The molecule has 26 heavy (non-hydrogen) atoms. The molecular weight excluding hydrogens is 326 g/mol. The van der Waals surface area contributed by atoms with E-state index in [0.29, 0.717) is 18.7 Å². The molecule has 0 fully saturated rings. The van der Waals surface area contributed by atoms with Crippen LogP contribution in [0.5, 0.6) is 0 Å². The summed E-state index contributed by atoms with van der Waals surface area (Å²) in [6, 6.07) is 18.4. The van der Waals surface area contributed by atoms with E-state index >= 15 is 0 Å². The van der Waals surface area contributed by atoms with Crippen LogP contribution < -0.4 is 10.6 Å². The van der Waals surface area contributed by atoms with E-state index in [9.17, 15) is 9.59 Å². The summed E-state index contributed by atoms with van der Waals surface area (Å²) in [4.78, 5) is 29.1. The van der Waals surface area contributed by atoms with Crippen molar-refractivity contribution in [1.82, 2.24) is 4.90 Å². The maximum Gasteiger partial charge on any atom is 0.264 e. The Balaban J connectivity index is 2.48. The highest BCUT2D eigenvalue weighted by molar-refractivity contribution is 6.27. The molecule has 0 bridgehead atoms. The normalized spacial score (nSPS) is 11.8. The Morgan fingerprint density at radius 1 is 0.885 bits per heavy atom. The highest BCUT2D eigenvalue weighted by Crippen LogP contribution is 2.21. The van der Waals surface area contributed by atoms with E-state index in [1.54, 1.807) is 17.0 Å². The third-order valence-corrected chi connectivity index (χ3v) is 4.00. The lowest BCUT2D eigenvalue weighted by atomic mass is 10.0. The number of Topliss-reactive ketones (excluding diaryl/α,β-unsaturated/α-hetero) is 1. The van der Waals surface area contributed by atoms with Crippen LogP contribution in [0.25, 0.3) is 5.70 Å². The first-order valence-electron chi connectivity index (χ1n) is 8.49. The minimum Gasteiger partial charge on any atom is -0.397 e. The van der Waals surface area contributed by atoms with Gasteiger partial charge in [-0.3, -0.25) is 9.59 Å². The number of nitrogens with zero attached hydrogens (tertiary/aromatic N) is 2. The number of amides is 1. The van der Waals surface area contributed by atoms with E-state index in [4.69, 9.17) is 5.73 Å². The van der Waals surface area contributed by atoms with Gasteiger partial charge in [-0.15, -0.1) is 0 Å². The summed E-state index contributed by atoms with van der Waals surface area (Å²) < 4.78 is 0. The van der Waals surface area contributed by atoms with Crippen molar-refractivity contribution in [2.45, 2.75) is 6.92 Å². The van der Waals surface area contributed by atoms with Crippen molar-refractivity contribution >= 4 is 23.1 Å². The van der Waals surface area contributed by atoms with Gasteiger partial charge in [0.05, 0.1) is 5.70 Å². The Morgan fingerprint density at radius 2 is 1.42 bits per heavy atom. The van der Waals surface area contributed by atoms with Gasteiger partial charge in [-0.2, -0.15) is 0 Å². The summed E-state index contributed by atoms with van der Waals surface area (Å²) in [5.74, 6) is -0.728. The van der Waals surface area contributed by atoms with E-state index in [1.807, 2.05) is 67.5 Å². The van der Waals surface area contributed by atoms with Gasteiger partial charge in [-0.1, -0.05) is 48.5 Å². The lowest BCUT2D eigenvalue weighted by molar-refractivity contribution is -0.120. The highest BCUT2D eigenvalue weighted by Gasteiger charge is 2.26. The van der Waals surface area contributed by atoms with Gasteiger partial charge in [-0.25, -0.2) is 0 Å². The summed E-state index contributed by atoms with van der Waals surface area (Å²) in [5.41, 5.74) is 7.82. The van der Waals surface area contributed by atoms with Gasteiger partial charge in [0.15, 0.2) is 5.78 Å². The number of benzene rings is 2. The summed E-state index contributed by atoms with van der Waals surface area (Å²) in [5, 5.41) is 0. The van der Waals surface area contributed by atoms with Crippen molar-refractivity contribution in [2.24, 2.45) is 5.73 Å². The Kier molecular flexibility index (Phi) is 6.69. The highest BCUT2D eigenvalue weighted by atomic mass is 16.2. The number of carbonyl (C=O) groups is 2. The molecule has 5 heteroatoms. The van der Waals surface area contributed by atoms with Crippen molar-refractivity contribution in [3.8, 4) is 0 Å². The summed E-state index contributed by atoms with van der Waals surface area (Å²) in [6.07, 6.45) is 0. The van der Waals surface area contributed by atoms with Crippen LogP contribution in [0.2, 0.25) is 0 Å². The molecule has 0 radical (unpaired) electrons. The van der Waals surface area contributed by atoms with Crippen LogP contribution >= 0.6 is 0 Å². The van der Waals surface area contributed by atoms with Gasteiger partial charge in [-0.05, 0) is 38.7 Å². The zero-order valence-electron chi connectivity index (χ0n) is 15.5. The van der Waals surface area contributed by atoms with Crippen LogP contribution in [0.4, 0.5) is 5.69 Å². The van der Waals surface area contributed by atoms with Crippen molar-refractivity contribution in [1.29, 1.82) is 0 Å². The fourth-order valence-electron chi connectivity index (χ4n) is 2.61. The smallest absolute Gasteiger partial charge is 0.264 e. The van der Waals surface area contributed by atoms with Gasteiger partial charge in [0.2, 0.25) is 0 Å². The summed E-state index contributed by atoms with van der Waals surface area (Å²) >= 11 is 0. The lowest BCUT2D eigenvalue weighted by Crippen LogP contribution is -2.39. The Hall–Kier alpha value is -2.92. The molecule has 0 atom stereocenters. The Morgan fingerprint density at radius 3 is 1.92 bits per heavy atom. The van der Waals surface area contributed by atoms with Crippen LogP contribution in [0.1, 0.15) is 12.5 Å². The van der Waals surface area contributed by atoms with Crippen LogP contribution in [-0.4, -0.2) is 43.8 Å². The molecule has 2 aromatic rings. The van der Waals surface area contributed by atoms with Crippen molar-refractivity contribution in [3.63, 3.8) is 0 Å². The largest absolute Gasteiger partial charge is 0.397 e. The molecule has 5 nitrogen and oxygen atoms in total. The standard InChI is InChI=1S/C21H25N3O2/c1-16(25)19(20(22)17-10-6-4-7-11-17)21(26)24(15-14-23(2)3)18-12-8-5-9-13-18/h4-13H,14-15,22H2,1-3H3/b20-19-. The van der Waals surface area contributed by atoms with Gasteiger partial charge in [0, 0.05) is 18.8 Å². The first-order valence-corrected chi connectivity index (χ1v) is 8.49. The van der Waals surface area contributed by atoms with Gasteiger partial charge in [0.25, 0.3) is 5.91 Å². The van der Waals surface area contributed by atoms with Crippen LogP contribution in [0.15, 0.2) is 66.2 Å². The monoisotopic (exact) mass is 351 g/mol. The lowest BCUT2D eigenvalue weighted by Gasteiger charge is -2.25. The van der Waals surface area contributed by atoms with E-state index in [0.717, 1.165) is 5.69 Å². The maximum absolute atomic E-state index is 13.3. The molecule has 0 saturated carbocycles. The number of likely N-dealkylation sites (N-methyl/N-ethyl adjacent to an activating group) is 1. The quantitative estimate of drug-likeness (QED) is 0.473. The zero-order chi connectivity index (χ0) is 19.1. The molecule has 2 aromatic carbocycles. The molecule has 0 aliphatic carbocycles. The molecule has 0 spiro atoms. The predicted molar refractivity (Wildman–Crippen MR) is 106 cm³/mol. The second-order valence-electron chi connectivity index (χ2n) is 6.31.